The number of anilines is 1. The van der Waals surface area contributed by atoms with E-state index >= 15 is 0 Å². The number of hydrogen-bond acceptors (Lipinski definition) is 5. The molecule has 0 saturated carbocycles. The number of amides is 3. The number of hydrogen-bond donors (Lipinski definition) is 1. The summed E-state index contributed by atoms with van der Waals surface area (Å²) < 4.78 is 4.72. The number of nitrogens with one attached hydrogen (secondary N) is 1. The molecule has 3 amide bonds. The number of nitrogens with zero attached hydrogens (tertiary/aromatic N) is 1. The molecule has 1 heterocycles. The van der Waals surface area contributed by atoms with E-state index in [2.05, 4.69) is 5.32 Å². The van der Waals surface area contributed by atoms with E-state index in [1.807, 2.05) is 0 Å². The predicted octanol–water partition coefficient (Wildman–Crippen LogP) is 3.04. The summed E-state index contributed by atoms with van der Waals surface area (Å²) in [6, 6.07) is 10.3. The highest BCUT2D eigenvalue weighted by molar-refractivity contribution is 6.23. The summed E-state index contributed by atoms with van der Waals surface area (Å²) in [6.45, 7) is 5.32. The molecule has 3 rings (SSSR count). The molecule has 0 radical (unpaired) electrons. The van der Waals surface area contributed by atoms with Crippen LogP contribution in [0, 0.1) is 12.8 Å². The van der Waals surface area contributed by atoms with E-state index in [0.29, 0.717) is 16.8 Å². The van der Waals surface area contributed by atoms with Gasteiger partial charge in [-0.3, -0.25) is 19.3 Å². The second-order valence-corrected chi connectivity index (χ2v) is 7.23. The molecule has 1 atom stereocenters. The minimum Gasteiger partial charge on any atom is -0.465 e. The van der Waals surface area contributed by atoms with E-state index in [-0.39, 0.29) is 11.5 Å². The van der Waals surface area contributed by atoms with Gasteiger partial charge >= 0.3 is 5.97 Å². The fraction of sp³-hybridized carbons (Fsp3) is 0.273. The van der Waals surface area contributed by atoms with Gasteiger partial charge in [0.2, 0.25) is 5.91 Å². The molecule has 29 heavy (non-hydrogen) atoms. The van der Waals surface area contributed by atoms with Gasteiger partial charge in [0.1, 0.15) is 6.04 Å². The summed E-state index contributed by atoms with van der Waals surface area (Å²) in [6.07, 6.45) is 0. The fourth-order valence-corrected chi connectivity index (χ4v) is 3.39. The Hall–Kier alpha value is -3.48. The van der Waals surface area contributed by atoms with Crippen molar-refractivity contribution in [3.63, 3.8) is 0 Å². The molecular weight excluding hydrogens is 372 g/mol. The maximum Gasteiger partial charge on any atom is 0.337 e. The third-order valence-corrected chi connectivity index (χ3v) is 4.92. The molecule has 0 fully saturated rings. The summed E-state index contributed by atoms with van der Waals surface area (Å²) in [5.41, 5.74) is 2.02. The highest BCUT2D eigenvalue weighted by atomic mass is 16.5. The number of imide groups is 1. The SMILES string of the molecule is COC(=O)c1ccc(C)c(NC(=O)[C@H](C(C)C)N2C(=O)c3ccccc3C2=O)c1. The molecule has 2 aromatic rings. The van der Waals surface area contributed by atoms with E-state index in [1.54, 1.807) is 57.2 Å². The Labute approximate surface area is 168 Å². The maximum absolute atomic E-state index is 13.1. The Balaban J connectivity index is 1.92. The predicted molar refractivity (Wildman–Crippen MR) is 107 cm³/mol. The van der Waals surface area contributed by atoms with Crippen molar-refractivity contribution in [2.75, 3.05) is 12.4 Å². The van der Waals surface area contributed by atoms with E-state index in [4.69, 9.17) is 4.74 Å². The number of rotatable bonds is 5. The Morgan fingerprint density at radius 3 is 2.10 bits per heavy atom. The summed E-state index contributed by atoms with van der Waals surface area (Å²) in [4.78, 5) is 51.6. The summed E-state index contributed by atoms with van der Waals surface area (Å²) >= 11 is 0. The summed E-state index contributed by atoms with van der Waals surface area (Å²) in [5, 5.41) is 2.76. The first-order valence-electron chi connectivity index (χ1n) is 9.23. The average molecular weight is 394 g/mol. The maximum atomic E-state index is 13.1. The van der Waals surface area contributed by atoms with Crippen LogP contribution in [0.4, 0.5) is 5.69 Å². The van der Waals surface area contributed by atoms with Gasteiger partial charge in [0.25, 0.3) is 11.8 Å². The Kier molecular flexibility index (Phi) is 5.50. The first-order chi connectivity index (χ1) is 13.8. The zero-order chi connectivity index (χ0) is 21.3. The summed E-state index contributed by atoms with van der Waals surface area (Å²) in [7, 11) is 1.28. The topological polar surface area (TPSA) is 92.8 Å². The molecule has 0 saturated heterocycles. The smallest absolute Gasteiger partial charge is 0.337 e. The van der Waals surface area contributed by atoms with Crippen molar-refractivity contribution >= 4 is 29.4 Å². The van der Waals surface area contributed by atoms with Gasteiger partial charge in [-0.15, -0.1) is 0 Å². The van der Waals surface area contributed by atoms with Gasteiger partial charge in [-0.05, 0) is 42.7 Å². The molecule has 0 spiro atoms. The van der Waals surface area contributed by atoms with E-state index in [1.165, 1.54) is 13.2 Å². The average Bonchev–Trinajstić information content (AvgIpc) is 2.94. The van der Waals surface area contributed by atoms with Crippen LogP contribution in [0.15, 0.2) is 42.5 Å². The number of esters is 1. The monoisotopic (exact) mass is 394 g/mol. The number of fused-ring (bicyclic) bond motifs is 1. The van der Waals surface area contributed by atoms with E-state index < -0.39 is 29.7 Å². The van der Waals surface area contributed by atoms with Crippen LogP contribution in [0.2, 0.25) is 0 Å². The first kappa shape index (κ1) is 20.3. The van der Waals surface area contributed by atoms with Crippen LogP contribution in [-0.2, 0) is 9.53 Å². The molecule has 1 aliphatic rings. The largest absolute Gasteiger partial charge is 0.465 e. The van der Waals surface area contributed by atoms with Crippen LogP contribution < -0.4 is 5.32 Å². The minimum absolute atomic E-state index is 0.287. The second kappa shape index (κ2) is 7.87. The third-order valence-electron chi connectivity index (χ3n) is 4.92. The van der Waals surface area contributed by atoms with Crippen molar-refractivity contribution in [3.8, 4) is 0 Å². The van der Waals surface area contributed by atoms with Crippen LogP contribution >= 0.6 is 0 Å². The van der Waals surface area contributed by atoms with Crippen molar-refractivity contribution < 1.29 is 23.9 Å². The number of aryl methyl sites for hydroxylation is 1. The lowest BCUT2D eigenvalue weighted by atomic mass is 10.0. The lowest BCUT2D eigenvalue weighted by Crippen LogP contribution is -2.50. The Morgan fingerprint density at radius 1 is 1.00 bits per heavy atom. The zero-order valence-corrected chi connectivity index (χ0v) is 16.7. The molecule has 0 unspecified atom stereocenters. The van der Waals surface area contributed by atoms with Crippen molar-refractivity contribution in [3.05, 3.63) is 64.7 Å². The van der Waals surface area contributed by atoms with Crippen molar-refractivity contribution in [2.45, 2.75) is 26.8 Å². The molecule has 7 nitrogen and oxygen atoms in total. The molecule has 1 aliphatic heterocycles. The number of methoxy groups -OCH3 is 1. The Bertz CT molecular complexity index is 977. The highest BCUT2D eigenvalue weighted by Crippen LogP contribution is 2.28. The molecule has 0 aromatic heterocycles. The van der Waals surface area contributed by atoms with Gasteiger partial charge in [0, 0.05) is 5.69 Å². The van der Waals surface area contributed by atoms with Crippen molar-refractivity contribution in [2.24, 2.45) is 5.92 Å². The van der Waals surface area contributed by atoms with Gasteiger partial charge in [0.15, 0.2) is 0 Å². The van der Waals surface area contributed by atoms with Gasteiger partial charge < -0.3 is 10.1 Å². The number of carbonyl (C=O) groups excluding carboxylic acids is 4. The highest BCUT2D eigenvalue weighted by Gasteiger charge is 2.43. The van der Waals surface area contributed by atoms with E-state index in [9.17, 15) is 19.2 Å². The fourth-order valence-electron chi connectivity index (χ4n) is 3.39. The van der Waals surface area contributed by atoms with Crippen molar-refractivity contribution in [1.29, 1.82) is 0 Å². The molecule has 150 valence electrons. The second-order valence-electron chi connectivity index (χ2n) is 7.23. The lowest BCUT2D eigenvalue weighted by Gasteiger charge is -2.28. The van der Waals surface area contributed by atoms with E-state index in [0.717, 1.165) is 10.5 Å². The quantitative estimate of drug-likeness (QED) is 0.622. The van der Waals surface area contributed by atoms with Gasteiger partial charge in [0.05, 0.1) is 23.8 Å². The summed E-state index contributed by atoms with van der Waals surface area (Å²) in [5.74, 6) is -2.32. The third kappa shape index (κ3) is 3.63. The van der Waals surface area contributed by atoms with Crippen LogP contribution in [0.3, 0.4) is 0 Å². The van der Waals surface area contributed by atoms with Crippen LogP contribution in [-0.4, -0.2) is 41.7 Å². The molecule has 7 heteroatoms. The number of carbonyl (C=O) groups is 4. The molecule has 1 N–H and O–H groups in total. The van der Waals surface area contributed by atoms with Gasteiger partial charge in [-0.2, -0.15) is 0 Å². The van der Waals surface area contributed by atoms with Gasteiger partial charge in [-0.1, -0.05) is 32.0 Å². The van der Waals surface area contributed by atoms with Crippen LogP contribution in [0.25, 0.3) is 0 Å². The van der Waals surface area contributed by atoms with Crippen LogP contribution in [0.5, 0.6) is 0 Å². The number of ether oxygens (including phenoxy) is 1. The van der Waals surface area contributed by atoms with Crippen LogP contribution in [0.1, 0.15) is 50.5 Å². The Morgan fingerprint density at radius 2 is 1.59 bits per heavy atom. The van der Waals surface area contributed by atoms with Gasteiger partial charge in [-0.25, -0.2) is 4.79 Å². The normalized spacial score (nSPS) is 14.0. The molecular formula is C22H22N2O5. The standard InChI is InChI=1S/C22H22N2O5/c1-12(2)18(24-20(26)15-7-5-6-8-16(15)21(24)27)19(25)23-17-11-14(22(28)29-4)10-9-13(17)3/h5-12,18H,1-4H3,(H,23,25)/t18-/m0/s1. The first-order valence-corrected chi connectivity index (χ1v) is 9.23. The zero-order valence-electron chi connectivity index (χ0n) is 16.7. The number of benzene rings is 2. The lowest BCUT2D eigenvalue weighted by molar-refractivity contribution is -0.121. The van der Waals surface area contributed by atoms with Crippen molar-refractivity contribution in [1.82, 2.24) is 4.90 Å². The molecule has 0 aliphatic carbocycles. The molecule has 0 bridgehead atoms. The molecule has 2 aromatic carbocycles. The minimum atomic E-state index is -0.997.